The van der Waals surface area contributed by atoms with Crippen molar-refractivity contribution in [2.24, 2.45) is 5.41 Å². The lowest BCUT2D eigenvalue weighted by molar-refractivity contribution is 0.135. The fourth-order valence-electron chi connectivity index (χ4n) is 2.43. The van der Waals surface area contributed by atoms with Crippen molar-refractivity contribution in [2.45, 2.75) is 65.3 Å². The Balaban J connectivity index is 2.32. The first-order valence-corrected chi connectivity index (χ1v) is 6.97. The van der Waals surface area contributed by atoms with Gasteiger partial charge in [-0.05, 0) is 37.5 Å². The van der Waals surface area contributed by atoms with Gasteiger partial charge in [0.2, 0.25) is 0 Å². The first-order chi connectivity index (χ1) is 7.96. The quantitative estimate of drug-likeness (QED) is 0.751. The van der Waals surface area contributed by atoms with Crippen LogP contribution in [0.25, 0.3) is 0 Å². The molecule has 2 amide bonds. The van der Waals surface area contributed by atoms with Crippen LogP contribution in [0.1, 0.15) is 59.3 Å². The summed E-state index contributed by atoms with van der Waals surface area (Å²) in [7, 11) is 1.93. The van der Waals surface area contributed by atoms with E-state index in [4.69, 9.17) is 0 Å². The van der Waals surface area contributed by atoms with Crippen molar-refractivity contribution in [3.63, 3.8) is 0 Å². The molecule has 17 heavy (non-hydrogen) atoms. The molecule has 0 heterocycles. The van der Waals surface area contributed by atoms with Crippen LogP contribution in [0.5, 0.6) is 0 Å². The fraction of sp³-hybridized carbons (Fsp3) is 0.929. The van der Waals surface area contributed by atoms with Crippen LogP contribution in [0.4, 0.5) is 4.79 Å². The van der Waals surface area contributed by atoms with Gasteiger partial charge in [0.15, 0.2) is 0 Å². The molecule has 1 N–H and O–H groups in total. The van der Waals surface area contributed by atoms with Crippen molar-refractivity contribution in [1.29, 1.82) is 0 Å². The van der Waals surface area contributed by atoms with E-state index in [1.807, 2.05) is 11.9 Å². The van der Waals surface area contributed by atoms with Crippen LogP contribution in [0, 0.1) is 5.41 Å². The Morgan fingerprint density at radius 3 is 2.47 bits per heavy atom. The lowest BCUT2D eigenvalue weighted by Crippen LogP contribution is -2.46. The number of nitrogens with one attached hydrogen (secondary N) is 1. The van der Waals surface area contributed by atoms with E-state index in [0.717, 1.165) is 32.2 Å². The highest BCUT2D eigenvalue weighted by atomic mass is 16.2. The summed E-state index contributed by atoms with van der Waals surface area (Å²) in [5.41, 5.74) is 0.468. The van der Waals surface area contributed by atoms with E-state index in [9.17, 15) is 4.79 Å². The Hall–Kier alpha value is -0.730. The number of hydrogen-bond donors (Lipinski definition) is 1. The number of carbonyl (C=O) groups is 1. The molecule has 0 aromatic rings. The monoisotopic (exact) mass is 240 g/mol. The van der Waals surface area contributed by atoms with Gasteiger partial charge in [0.1, 0.15) is 0 Å². The minimum absolute atomic E-state index is 0.100. The van der Waals surface area contributed by atoms with Crippen LogP contribution in [-0.2, 0) is 0 Å². The van der Waals surface area contributed by atoms with Gasteiger partial charge in [0.25, 0.3) is 0 Å². The second-order valence-corrected chi connectivity index (χ2v) is 6.09. The maximum absolute atomic E-state index is 11.9. The Morgan fingerprint density at radius 1 is 1.35 bits per heavy atom. The highest BCUT2D eigenvalue weighted by Gasteiger charge is 2.30. The molecule has 1 saturated carbocycles. The molecular formula is C14H28N2O. The van der Waals surface area contributed by atoms with E-state index in [2.05, 4.69) is 26.1 Å². The van der Waals surface area contributed by atoms with E-state index in [1.165, 1.54) is 12.8 Å². The van der Waals surface area contributed by atoms with Crippen molar-refractivity contribution in [3.8, 4) is 0 Å². The molecule has 3 heteroatoms. The number of urea groups is 1. The topological polar surface area (TPSA) is 32.3 Å². The highest BCUT2D eigenvalue weighted by molar-refractivity contribution is 5.74. The summed E-state index contributed by atoms with van der Waals surface area (Å²) in [6.07, 6.45) is 6.93. The van der Waals surface area contributed by atoms with Crippen molar-refractivity contribution in [1.82, 2.24) is 10.2 Å². The minimum atomic E-state index is 0.100. The van der Waals surface area contributed by atoms with E-state index in [0.29, 0.717) is 11.5 Å². The van der Waals surface area contributed by atoms with Gasteiger partial charge in [-0.25, -0.2) is 4.79 Å². The lowest BCUT2D eigenvalue weighted by Gasteiger charge is -2.38. The highest BCUT2D eigenvalue weighted by Crippen LogP contribution is 2.36. The van der Waals surface area contributed by atoms with Gasteiger partial charge < -0.3 is 10.2 Å². The van der Waals surface area contributed by atoms with Crippen LogP contribution in [0.3, 0.4) is 0 Å². The van der Waals surface area contributed by atoms with Gasteiger partial charge in [0, 0.05) is 19.6 Å². The van der Waals surface area contributed by atoms with Crippen LogP contribution in [0.2, 0.25) is 0 Å². The Kier molecular flexibility index (Phi) is 5.29. The van der Waals surface area contributed by atoms with Crippen molar-refractivity contribution in [3.05, 3.63) is 0 Å². The summed E-state index contributed by atoms with van der Waals surface area (Å²) in [6.45, 7) is 7.59. The summed E-state index contributed by atoms with van der Waals surface area (Å²) in [5.74, 6) is 0. The van der Waals surface area contributed by atoms with Gasteiger partial charge in [-0.3, -0.25) is 0 Å². The average molecular weight is 240 g/mol. The van der Waals surface area contributed by atoms with Crippen LogP contribution >= 0.6 is 0 Å². The van der Waals surface area contributed by atoms with Crippen LogP contribution in [-0.4, -0.2) is 30.6 Å². The second kappa shape index (κ2) is 6.27. The minimum Gasteiger partial charge on any atom is -0.338 e. The standard InChI is InChI=1S/C14H28N2O/c1-5-6-11-15-13(17)16(4)12-7-9-14(2,3)10-8-12/h12H,5-11H2,1-4H3,(H,15,17). The molecule has 0 saturated heterocycles. The van der Waals surface area contributed by atoms with Gasteiger partial charge >= 0.3 is 6.03 Å². The zero-order chi connectivity index (χ0) is 12.9. The third-order valence-corrected chi connectivity index (χ3v) is 3.98. The summed E-state index contributed by atoms with van der Waals surface area (Å²) in [4.78, 5) is 13.8. The summed E-state index contributed by atoms with van der Waals surface area (Å²) >= 11 is 0. The summed E-state index contributed by atoms with van der Waals surface area (Å²) in [6, 6.07) is 0.535. The number of carbonyl (C=O) groups excluding carboxylic acids is 1. The Labute approximate surface area is 106 Å². The maximum Gasteiger partial charge on any atom is 0.317 e. The molecule has 0 atom stereocenters. The molecule has 1 fully saturated rings. The molecule has 3 nitrogen and oxygen atoms in total. The molecular weight excluding hydrogens is 212 g/mol. The maximum atomic E-state index is 11.9. The van der Waals surface area contributed by atoms with Gasteiger partial charge in [-0.15, -0.1) is 0 Å². The molecule has 0 unspecified atom stereocenters. The fourth-order valence-corrected chi connectivity index (χ4v) is 2.43. The van der Waals surface area contributed by atoms with Crippen molar-refractivity contribution in [2.75, 3.05) is 13.6 Å². The Morgan fingerprint density at radius 2 is 1.94 bits per heavy atom. The van der Waals surface area contributed by atoms with E-state index >= 15 is 0 Å². The number of amides is 2. The largest absolute Gasteiger partial charge is 0.338 e. The zero-order valence-electron chi connectivity index (χ0n) is 11.9. The van der Waals surface area contributed by atoms with Crippen LogP contribution in [0.15, 0.2) is 0 Å². The first kappa shape index (κ1) is 14.3. The molecule has 0 aromatic heterocycles. The number of rotatable bonds is 4. The number of hydrogen-bond acceptors (Lipinski definition) is 1. The van der Waals surface area contributed by atoms with Crippen molar-refractivity contribution >= 4 is 6.03 Å². The van der Waals surface area contributed by atoms with Gasteiger partial charge in [-0.1, -0.05) is 27.2 Å². The average Bonchev–Trinajstić information content (AvgIpc) is 2.28. The molecule has 0 aromatic carbocycles. The molecule has 1 rings (SSSR count). The summed E-state index contributed by atoms with van der Waals surface area (Å²) in [5, 5.41) is 2.99. The SMILES string of the molecule is CCCCNC(=O)N(C)C1CCC(C)(C)CC1. The normalized spacial score (nSPS) is 20.0. The van der Waals surface area contributed by atoms with E-state index in [-0.39, 0.29) is 6.03 Å². The van der Waals surface area contributed by atoms with Gasteiger partial charge in [0.05, 0.1) is 0 Å². The molecule has 1 aliphatic rings. The molecule has 100 valence electrons. The first-order valence-electron chi connectivity index (χ1n) is 6.97. The lowest BCUT2D eigenvalue weighted by atomic mass is 9.75. The van der Waals surface area contributed by atoms with Gasteiger partial charge in [-0.2, -0.15) is 0 Å². The Bertz CT molecular complexity index is 241. The smallest absolute Gasteiger partial charge is 0.317 e. The molecule has 0 radical (unpaired) electrons. The van der Waals surface area contributed by atoms with E-state index in [1.54, 1.807) is 0 Å². The molecule has 0 aliphatic heterocycles. The number of unbranched alkanes of at least 4 members (excludes halogenated alkanes) is 1. The third-order valence-electron chi connectivity index (χ3n) is 3.98. The molecule has 1 aliphatic carbocycles. The third kappa shape index (κ3) is 4.57. The van der Waals surface area contributed by atoms with E-state index < -0.39 is 0 Å². The van der Waals surface area contributed by atoms with Crippen LogP contribution < -0.4 is 5.32 Å². The van der Waals surface area contributed by atoms with Crippen molar-refractivity contribution < 1.29 is 4.79 Å². The predicted molar refractivity (Wildman–Crippen MR) is 72.1 cm³/mol. The zero-order valence-corrected chi connectivity index (χ0v) is 11.9. The second-order valence-electron chi connectivity index (χ2n) is 6.09. The summed E-state index contributed by atoms with van der Waals surface area (Å²) < 4.78 is 0. The predicted octanol–water partition coefficient (Wildman–Crippen LogP) is 3.40. The molecule has 0 spiro atoms. The molecule has 0 bridgehead atoms. The number of nitrogens with zero attached hydrogens (tertiary/aromatic N) is 1.